The second kappa shape index (κ2) is 15.1. The summed E-state index contributed by atoms with van der Waals surface area (Å²) in [5.41, 5.74) is 8.38. The molecule has 8 heteroatoms. The summed E-state index contributed by atoms with van der Waals surface area (Å²) in [5.74, 6) is 0.861. The number of nitrogens with zero attached hydrogens (tertiary/aromatic N) is 3. The van der Waals surface area contributed by atoms with Crippen LogP contribution in [0.5, 0.6) is 0 Å². The Morgan fingerprint density at radius 2 is 1.82 bits per heavy atom. The first-order valence-corrected chi connectivity index (χ1v) is 16.9. The smallest absolute Gasteiger partial charge is 0.248 e. The number of ether oxygens (including phenoxy) is 1. The van der Waals surface area contributed by atoms with Crippen molar-refractivity contribution in [2.24, 2.45) is 4.99 Å². The molecule has 1 amide bonds. The molecule has 2 aliphatic rings. The maximum Gasteiger partial charge on any atom is 0.248 e. The fraction of sp³-hybridized carbons (Fsp3) is 0.417. The average Bonchev–Trinajstić information content (AvgIpc) is 3.49. The Kier molecular flexibility index (Phi) is 11.0. The van der Waals surface area contributed by atoms with Gasteiger partial charge in [0.2, 0.25) is 5.91 Å². The Morgan fingerprint density at radius 3 is 2.57 bits per heavy atom. The van der Waals surface area contributed by atoms with E-state index in [1.54, 1.807) is 30.3 Å². The van der Waals surface area contributed by atoms with E-state index < -0.39 is 0 Å². The number of allylic oxidation sites excluding steroid dienone is 5. The van der Waals surface area contributed by atoms with Gasteiger partial charge in [0.1, 0.15) is 0 Å². The molecule has 5 rings (SSSR count). The van der Waals surface area contributed by atoms with Crippen LogP contribution in [0.25, 0.3) is 21.4 Å². The number of benzene rings is 1. The third-order valence-corrected chi connectivity index (χ3v) is 9.61. The van der Waals surface area contributed by atoms with Gasteiger partial charge in [-0.05, 0) is 81.6 Å². The Balaban J connectivity index is 1.20. The first-order valence-electron chi connectivity index (χ1n) is 15.6. The van der Waals surface area contributed by atoms with E-state index in [-0.39, 0.29) is 5.91 Å². The van der Waals surface area contributed by atoms with Gasteiger partial charge in [-0.15, -0.1) is 11.3 Å². The minimum atomic E-state index is 0.0320. The summed E-state index contributed by atoms with van der Waals surface area (Å²) in [4.78, 5) is 21.2. The van der Waals surface area contributed by atoms with E-state index in [4.69, 9.17) is 26.4 Å². The Morgan fingerprint density at radius 1 is 1.09 bits per heavy atom. The number of amides is 1. The first-order chi connectivity index (χ1) is 21.3. The molecular formula is C36H43N3O3S2. The molecule has 0 saturated carbocycles. The van der Waals surface area contributed by atoms with Gasteiger partial charge in [0, 0.05) is 61.2 Å². The van der Waals surface area contributed by atoms with Gasteiger partial charge < -0.3 is 19.0 Å². The summed E-state index contributed by atoms with van der Waals surface area (Å²) in [6.07, 6.45) is 13.8. The molecule has 0 radical (unpaired) electrons. The molecule has 2 aliphatic heterocycles. The van der Waals surface area contributed by atoms with Crippen LogP contribution >= 0.6 is 23.6 Å². The highest BCUT2D eigenvalue weighted by atomic mass is 32.1. The predicted octanol–water partition coefficient (Wildman–Crippen LogP) is 8.93. The van der Waals surface area contributed by atoms with Gasteiger partial charge in [-0.1, -0.05) is 48.6 Å². The molecule has 0 bridgehead atoms. The van der Waals surface area contributed by atoms with Crippen LogP contribution in [0, 0.1) is 4.51 Å². The molecule has 2 aromatic heterocycles. The van der Waals surface area contributed by atoms with Crippen LogP contribution in [-0.2, 0) is 16.0 Å². The van der Waals surface area contributed by atoms with Crippen LogP contribution in [-0.4, -0.2) is 56.9 Å². The number of aliphatic imine (C=N–C) groups is 1. The number of anilines is 1. The maximum atomic E-state index is 12.4. The van der Waals surface area contributed by atoms with Crippen molar-refractivity contribution in [1.29, 1.82) is 0 Å². The van der Waals surface area contributed by atoms with Gasteiger partial charge in [-0.3, -0.25) is 9.79 Å². The van der Waals surface area contributed by atoms with E-state index in [0.717, 1.165) is 112 Å². The molecule has 232 valence electrons. The normalized spacial score (nSPS) is 20.0. The zero-order valence-electron chi connectivity index (χ0n) is 26.4. The minimum Gasteiger partial charge on any atom is -0.439 e. The van der Waals surface area contributed by atoms with E-state index in [1.165, 1.54) is 5.56 Å². The van der Waals surface area contributed by atoms with Crippen LogP contribution in [0.3, 0.4) is 0 Å². The van der Waals surface area contributed by atoms with E-state index >= 15 is 0 Å². The van der Waals surface area contributed by atoms with Crippen molar-refractivity contribution in [3.8, 4) is 11.1 Å². The number of unbranched alkanes of at least 4 members (excludes halogenated alkanes) is 1. The lowest BCUT2D eigenvalue weighted by Crippen LogP contribution is -2.36. The van der Waals surface area contributed by atoms with Crippen molar-refractivity contribution in [2.75, 3.05) is 45.3 Å². The molecule has 0 unspecified atom stereocenters. The molecule has 6 nitrogen and oxygen atoms in total. The average molecular weight is 630 g/mol. The van der Waals surface area contributed by atoms with Crippen molar-refractivity contribution in [2.45, 2.75) is 58.8 Å². The number of hydrogen-bond donors (Lipinski definition) is 0. The molecule has 44 heavy (non-hydrogen) atoms. The molecule has 0 N–H and O–H groups in total. The fourth-order valence-electron chi connectivity index (χ4n) is 5.64. The monoisotopic (exact) mass is 629 g/mol. The highest BCUT2D eigenvalue weighted by molar-refractivity contribution is 7.72. The van der Waals surface area contributed by atoms with E-state index in [1.807, 2.05) is 19.1 Å². The van der Waals surface area contributed by atoms with Crippen LogP contribution in [0.1, 0.15) is 57.9 Å². The number of aryl methyl sites for hydroxylation is 1. The van der Waals surface area contributed by atoms with Crippen molar-refractivity contribution >= 4 is 51.3 Å². The zero-order valence-corrected chi connectivity index (χ0v) is 28.0. The van der Waals surface area contributed by atoms with E-state index in [2.05, 4.69) is 53.6 Å². The number of morpholine rings is 1. The summed E-state index contributed by atoms with van der Waals surface area (Å²) in [5, 5.41) is 2.16. The summed E-state index contributed by atoms with van der Waals surface area (Å²) >= 11 is 7.38. The quantitative estimate of drug-likeness (QED) is 0.134. The maximum absolute atomic E-state index is 12.4. The molecule has 0 spiro atoms. The van der Waals surface area contributed by atoms with Crippen molar-refractivity contribution < 1.29 is 13.9 Å². The first kappa shape index (κ1) is 32.1. The molecule has 3 aromatic rings. The van der Waals surface area contributed by atoms with E-state index in [0.29, 0.717) is 13.2 Å². The van der Waals surface area contributed by atoms with Crippen LogP contribution in [0.4, 0.5) is 5.88 Å². The summed E-state index contributed by atoms with van der Waals surface area (Å²) in [7, 11) is 3.57. The number of carbonyl (C=O) groups is 1. The highest BCUT2D eigenvalue weighted by Crippen LogP contribution is 2.37. The second-order valence-electron chi connectivity index (χ2n) is 11.8. The van der Waals surface area contributed by atoms with Gasteiger partial charge in [0.25, 0.3) is 0 Å². The molecular weight excluding hydrogens is 587 g/mol. The van der Waals surface area contributed by atoms with Crippen LogP contribution in [0.2, 0.25) is 0 Å². The van der Waals surface area contributed by atoms with E-state index in [9.17, 15) is 4.79 Å². The number of hydrogen-bond acceptors (Lipinski definition) is 7. The second-order valence-corrected chi connectivity index (χ2v) is 13.1. The van der Waals surface area contributed by atoms with Gasteiger partial charge in [0.15, 0.2) is 11.5 Å². The highest BCUT2D eigenvalue weighted by Gasteiger charge is 2.18. The molecule has 0 atom stereocenters. The molecule has 1 aromatic carbocycles. The molecule has 1 fully saturated rings. The zero-order chi connectivity index (χ0) is 31.1. The SMILES string of the molecule is C/C1=N/C(CCCCc2ccc(-c3csc4c(=S)cc(N5CCOCC5)oc34)cc2)=C/CCC/C=C1/C=C(\C)C(=O)N(C)C. The largest absolute Gasteiger partial charge is 0.439 e. The predicted molar refractivity (Wildman–Crippen MR) is 187 cm³/mol. The number of likely N-dealkylation sites (N-methyl/N-ethyl adjacent to an activating group) is 1. The van der Waals surface area contributed by atoms with Gasteiger partial charge >= 0.3 is 0 Å². The Bertz CT molecular complexity index is 1650. The fourth-order valence-corrected chi connectivity index (χ4v) is 6.89. The van der Waals surface area contributed by atoms with Gasteiger partial charge in [0.05, 0.1) is 22.4 Å². The lowest BCUT2D eigenvalue weighted by atomic mass is 10.0. The third-order valence-electron chi connectivity index (χ3n) is 8.16. The molecule has 1 saturated heterocycles. The Labute approximate surface area is 270 Å². The van der Waals surface area contributed by atoms with Crippen molar-refractivity contribution in [3.63, 3.8) is 0 Å². The number of thiophene rings is 1. The van der Waals surface area contributed by atoms with Crippen molar-refractivity contribution in [1.82, 2.24) is 4.90 Å². The number of carbonyl (C=O) groups excluding carboxylic acids is 1. The minimum absolute atomic E-state index is 0.0320. The molecule has 0 aliphatic carbocycles. The lowest BCUT2D eigenvalue weighted by molar-refractivity contribution is -0.124. The molecule has 4 heterocycles. The number of rotatable bonds is 9. The lowest BCUT2D eigenvalue weighted by Gasteiger charge is -2.27. The summed E-state index contributed by atoms with van der Waals surface area (Å²) < 4.78 is 13.8. The topological polar surface area (TPSA) is 58.3 Å². The summed E-state index contributed by atoms with van der Waals surface area (Å²) in [6, 6.07) is 10.9. The van der Waals surface area contributed by atoms with Crippen LogP contribution in [0.15, 0.2) is 80.2 Å². The summed E-state index contributed by atoms with van der Waals surface area (Å²) in [6.45, 7) is 6.98. The van der Waals surface area contributed by atoms with Crippen LogP contribution < -0.4 is 4.90 Å². The van der Waals surface area contributed by atoms with Gasteiger partial charge in [-0.25, -0.2) is 0 Å². The standard InChI is InChI=1S/C36H43N3O3S2/c1-25(36(40)38(3)4)22-29-11-6-5-7-12-30(37-26(29)2)13-9-8-10-27-14-16-28(17-15-27)31-24-44-35-32(43)23-33(42-34(31)35)39-18-20-41-21-19-39/h11-12,14-17,22-24H,5-10,13,18-21H2,1-4H3/b25-22+,29-11-,30-12+,37-26-. The third kappa shape index (κ3) is 8.03. The van der Waals surface area contributed by atoms with Crippen molar-refractivity contribution in [3.05, 3.63) is 80.9 Å². The number of fused-ring (bicyclic) bond motifs is 1. The van der Waals surface area contributed by atoms with Gasteiger partial charge in [-0.2, -0.15) is 0 Å². The Hall–Kier alpha value is -3.33.